The van der Waals surface area contributed by atoms with E-state index in [1.807, 2.05) is 60.7 Å². The Bertz CT molecular complexity index is 1560. The summed E-state index contributed by atoms with van der Waals surface area (Å²) in [6.45, 7) is 0.441. The first-order chi connectivity index (χ1) is 16.5. The minimum absolute atomic E-state index is 0.00233. The van der Waals surface area contributed by atoms with Gasteiger partial charge in [0.1, 0.15) is 0 Å². The van der Waals surface area contributed by atoms with Gasteiger partial charge < -0.3 is 10.7 Å². The minimum Gasteiger partial charge on any atom is -0.328 e. The Kier molecular flexibility index (Phi) is 5.45. The normalized spacial score (nSPS) is 11.0. The molecule has 0 fully saturated rings. The molecule has 3 N–H and O–H groups in total. The van der Waals surface area contributed by atoms with Crippen molar-refractivity contribution in [3.63, 3.8) is 0 Å². The van der Waals surface area contributed by atoms with E-state index in [9.17, 15) is 14.9 Å². The van der Waals surface area contributed by atoms with Crippen LogP contribution in [0.3, 0.4) is 0 Å². The molecule has 0 unspecified atom stereocenters. The molecule has 2 aromatic heterocycles. The molecule has 34 heavy (non-hydrogen) atoms. The van der Waals surface area contributed by atoms with Gasteiger partial charge in [-0.3, -0.25) is 14.9 Å². The molecule has 0 aliphatic carbocycles. The van der Waals surface area contributed by atoms with Crippen LogP contribution in [0.5, 0.6) is 0 Å². The van der Waals surface area contributed by atoms with E-state index in [0.717, 1.165) is 33.5 Å². The van der Waals surface area contributed by atoms with Gasteiger partial charge in [0.15, 0.2) is 0 Å². The number of H-pyrrole nitrogens is 1. The summed E-state index contributed by atoms with van der Waals surface area (Å²) in [5, 5.41) is 11.5. The number of aromatic nitrogens is 2. The Balaban J connectivity index is 1.79. The number of fused-ring (bicyclic) bond motifs is 1. The molecule has 0 aliphatic rings. The van der Waals surface area contributed by atoms with Gasteiger partial charge in [0, 0.05) is 41.6 Å². The van der Waals surface area contributed by atoms with Crippen molar-refractivity contribution >= 4 is 16.6 Å². The van der Waals surface area contributed by atoms with E-state index in [-0.39, 0.29) is 11.2 Å². The Hall–Kier alpha value is -4.62. The number of hydrogen-bond donors (Lipinski definition) is 2. The summed E-state index contributed by atoms with van der Waals surface area (Å²) < 4.78 is 0. The van der Waals surface area contributed by atoms with Gasteiger partial charge in [-0.15, -0.1) is 0 Å². The number of non-ortho nitro benzene ring substituents is 1. The first-order valence-corrected chi connectivity index (χ1v) is 10.7. The number of pyridine rings is 2. The zero-order chi connectivity index (χ0) is 23.7. The van der Waals surface area contributed by atoms with E-state index in [4.69, 9.17) is 10.7 Å². The summed E-state index contributed by atoms with van der Waals surface area (Å²) in [6.07, 6.45) is 1.60. The second-order valence-electron chi connectivity index (χ2n) is 7.88. The lowest BCUT2D eigenvalue weighted by Crippen LogP contribution is -2.08. The molecule has 5 aromatic rings. The molecule has 0 bridgehead atoms. The Morgan fingerprint density at radius 1 is 0.853 bits per heavy atom. The maximum absolute atomic E-state index is 12.8. The molecular formula is C27H20N4O3. The first-order valence-electron chi connectivity index (χ1n) is 10.7. The topological polar surface area (TPSA) is 115 Å². The van der Waals surface area contributed by atoms with Gasteiger partial charge in [0.05, 0.1) is 21.5 Å². The third-order valence-corrected chi connectivity index (χ3v) is 5.81. The van der Waals surface area contributed by atoms with Crippen LogP contribution in [0.2, 0.25) is 0 Å². The summed E-state index contributed by atoms with van der Waals surface area (Å²) in [5.74, 6) is 0. The number of nitrogens with two attached hydrogens (primary N) is 1. The van der Waals surface area contributed by atoms with Gasteiger partial charge in [-0.05, 0) is 34.9 Å². The second kappa shape index (κ2) is 8.73. The van der Waals surface area contributed by atoms with Crippen LogP contribution in [-0.4, -0.2) is 14.9 Å². The van der Waals surface area contributed by atoms with Crippen molar-refractivity contribution < 1.29 is 4.92 Å². The van der Waals surface area contributed by atoms with Crippen LogP contribution in [0.1, 0.15) is 5.56 Å². The molecule has 7 nitrogen and oxygen atoms in total. The number of hydrogen-bond acceptors (Lipinski definition) is 5. The van der Waals surface area contributed by atoms with Crippen LogP contribution >= 0.6 is 0 Å². The van der Waals surface area contributed by atoms with Crippen molar-refractivity contribution in [1.82, 2.24) is 9.97 Å². The van der Waals surface area contributed by atoms with Crippen LogP contribution in [0.15, 0.2) is 95.9 Å². The number of nitrogens with one attached hydrogen (secondary N) is 1. The van der Waals surface area contributed by atoms with E-state index < -0.39 is 4.92 Å². The molecule has 166 valence electrons. The highest BCUT2D eigenvalue weighted by molar-refractivity contribution is 5.98. The lowest BCUT2D eigenvalue weighted by molar-refractivity contribution is -0.384. The summed E-state index contributed by atoms with van der Waals surface area (Å²) in [7, 11) is 0. The quantitative estimate of drug-likeness (QED) is 0.280. The third kappa shape index (κ3) is 3.85. The van der Waals surface area contributed by atoms with Gasteiger partial charge in [0.2, 0.25) is 0 Å². The predicted octanol–water partition coefficient (Wildman–Crippen LogP) is 5.29. The number of rotatable bonds is 5. The largest absolute Gasteiger partial charge is 0.328 e. The average molecular weight is 448 g/mol. The standard InChI is InChI=1S/C27H20N4O3/c28-15-17-6-8-20(9-7-17)25-22(18-4-2-1-3-5-18)14-23-26(30-25)24(16-29-27(23)32)19-10-12-21(13-11-19)31(33)34/h1-14,16H,15,28H2,(H,29,32). The van der Waals surface area contributed by atoms with Crippen LogP contribution in [0.4, 0.5) is 5.69 Å². The average Bonchev–Trinajstić information content (AvgIpc) is 2.89. The molecule has 0 atom stereocenters. The van der Waals surface area contributed by atoms with Crippen molar-refractivity contribution in [2.75, 3.05) is 0 Å². The number of benzene rings is 3. The minimum atomic E-state index is -0.442. The highest BCUT2D eigenvalue weighted by Crippen LogP contribution is 2.35. The molecule has 0 saturated heterocycles. The third-order valence-electron chi connectivity index (χ3n) is 5.81. The van der Waals surface area contributed by atoms with Crippen LogP contribution in [-0.2, 0) is 6.54 Å². The molecule has 0 aliphatic heterocycles. The van der Waals surface area contributed by atoms with Crippen molar-refractivity contribution in [3.05, 3.63) is 117 Å². The molecule has 3 aromatic carbocycles. The fourth-order valence-electron chi connectivity index (χ4n) is 4.01. The molecule has 0 saturated carbocycles. The van der Waals surface area contributed by atoms with E-state index in [0.29, 0.717) is 23.0 Å². The molecular weight excluding hydrogens is 428 g/mol. The summed E-state index contributed by atoms with van der Waals surface area (Å²) in [6, 6.07) is 25.7. The molecule has 0 spiro atoms. The van der Waals surface area contributed by atoms with Crippen LogP contribution < -0.4 is 11.3 Å². The van der Waals surface area contributed by atoms with E-state index >= 15 is 0 Å². The van der Waals surface area contributed by atoms with Crippen molar-refractivity contribution in [2.45, 2.75) is 6.54 Å². The van der Waals surface area contributed by atoms with Crippen molar-refractivity contribution in [3.8, 4) is 33.5 Å². The zero-order valence-corrected chi connectivity index (χ0v) is 18.1. The molecule has 5 rings (SSSR count). The van der Waals surface area contributed by atoms with Crippen molar-refractivity contribution in [1.29, 1.82) is 0 Å². The second-order valence-corrected chi connectivity index (χ2v) is 7.88. The predicted molar refractivity (Wildman–Crippen MR) is 133 cm³/mol. The SMILES string of the molecule is NCc1ccc(-c2nc3c(-c4ccc([N+](=O)[O-])cc4)c[nH]c(=O)c3cc2-c2ccccc2)cc1. The maximum Gasteiger partial charge on any atom is 0.269 e. The van der Waals surface area contributed by atoms with Gasteiger partial charge in [-0.25, -0.2) is 4.98 Å². The fourth-order valence-corrected chi connectivity index (χ4v) is 4.01. The monoisotopic (exact) mass is 448 g/mol. The zero-order valence-electron chi connectivity index (χ0n) is 18.1. The number of aromatic amines is 1. The molecule has 0 radical (unpaired) electrons. The smallest absolute Gasteiger partial charge is 0.269 e. The van der Waals surface area contributed by atoms with E-state index in [1.165, 1.54) is 12.1 Å². The number of nitro groups is 1. The fraction of sp³-hybridized carbons (Fsp3) is 0.0370. The Labute approximate surface area is 194 Å². The molecule has 2 heterocycles. The maximum atomic E-state index is 12.8. The highest BCUT2D eigenvalue weighted by atomic mass is 16.6. The summed E-state index contributed by atoms with van der Waals surface area (Å²) in [4.78, 5) is 31.2. The van der Waals surface area contributed by atoms with Gasteiger partial charge >= 0.3 is 0 Å². The van der Waals surface area contributed by atoms with E-state index in [1.54, 1.807) is 18.3 Å². The van der Waals surface area contributed by atoms with Crippen LogP contribution in [0, 0.1) is 10.1 Å². The first kappa shape index (κ1) is 21.2. The highest BCUT2D eigenvalue weighted by Gasteiger charge is 2.17. The summed E-state index contributed by atoms with van der Waals surface area (Å²) in [5.41, 5.74) is 11.8. The van der Waals surface area contributed by atoms with E-state index in [2.05, 4.69) is 4.98 Å². The number of nitro benzene ring substituents is 1. The molecule has 0 amide bonds. The lowest BCUT2D eigenvalue weighted by Gasteiger charge is -2.14. The number of nitrogens with zero attached hydrogens (tertiary/aromatic N) is 2. The van der Waals surface area contributed by atoms with Crippen molar-refractivity contribution in [2.24, 2.45) is 5.73 Å². The van der Waals surface area contributed by atoms with Gasteiger partial charge in [-0.2, -0.15) is 0 Å². The Morgan fingerprint density at radius 3 is 2.15 bits per heavy atom. The van der Waals surface area contributed by atoms with Gasteiger partial charge in [-0.1, -0.05) is 54.6 Å². The summed E-state index contributed by atoms with van der Waals surface area (Å²) >= 11 is 0. The van der Waals surface area contributed by atoms with Crippen LogP contribution in [0.25, 0.3) is 44.4 Å². The molecule has 7 heteroatoms. The lowest BCUT2D eigenvalue weighted by atomic mass is 9.95. The Morgan fingerprint density at radius 2 is 1.50 bits per heavy atom. The van der Waals surface area contributed by atoms with Gasteiger partial charge in [0.25, 0.3) is 11.2 Å².